The van der Waals surface area contributed by atoms with Crippen molar-refractivity contribution < 1.29 is 22.5 Å². The molecule has 0 spiro atoms. The third kappa shape index (κ3) is 8.08. The van der Waals surface area contributed by atoms with Crippen LogP contribution in [0.25, 0.3) is 0 Å². The van der Waals surface area contributed by atoms with Gasteiger partial charge in [0, 0.05) is 17.8 Å². The summed E-state index contributed by atoms with van der Waals surface area (Å²) in [7, 11) is -3.63. The molecule has 0 saturated carbocycles. The van der Waals surface area contributed by atoms with Crippen LogP contribution < -0.4 is 0 Å². The molecule has 0 N–H and O–H groups in total. The Kier molecular flexibility index (Phi) is 8.54. The van der Waals surface area contributed by atoms with E-state index in [0.717, 1.165) is 12.8 Å². The number of hydrogen-bond donors (Lipinski definition) is 0. The lowest BCUT2D eigenvalue weighted by molar-refractivity contribution is -0.149. The monoisotopic (exact) mass is 332 g/mol. The Balaban J connectivity index is 5.52. The van der Waals surface area contributed by atoms with Crippen LogP contribution in [0, 0.1) is 0 Å². The Hall–Kier alpha value is -0.693. The van der Waals surface area contributed by atoms with Gasteiger partial charge in [0.25, 0.3) is 0 Å². The normalized spacial score (nSPS) is 12.8. The second kappa shape index (κ2) is 8.81. The summed E-state index contributed by atoms with van der Waals surface area (Å²) in [5, 5.41) is 0. The quantitative estimate of drug-likeness (QED) is 0.447. The molecule has 0 saturated heterocycles. The van der Waals surface area contributed by atoms with Gasteiger partial charge < -0.3 is 17.7 Å². The van der Waals surface area contributed by atoms with Crippen molar-refractivity contribution in [3.8, 4) is 0 Å². The summed E-state index contributed by atoms with van der Waals surface area (Å²) in [5.74, 6) is -0.555. The predicted octanol–water partition coefficient (Wildman–Crippen LogP) is 3.99. The first-order valence-corrected chi connectivity index (χ1v) is 9.51. The summed E-state index contributed by atoms with van der Waals surface area (Å²) < 4.78 is 23.4. The maximum Gasteiger partial charge on any atom is 0.752 e. The third-order valence-electron chi connectivity index (χ3n) is 2.58. The standard InChI is InChI=1S/C16H32O5Si/c1-10-11-16(8,9)21-22(18-13(4)5,19-14(6)7)20-15(17)12(2)3/h13-14H,2,10-11H2,1,3-9H3. The molecule has 22 heavy (non-hydrogen) atoms. The highest BCUT2D eigenvalue weighted by Gasteiger charge is 2.55. The van der Waals surface area contributed by atoms with E-state index in [1.807, 2.05) is 41.5 Å². The molecule has 0 amide bonds. The number of carbonyl (C=O) groups excluding carboxylic acids is 1. The van der Waals surface area contributed by atoms with Crippen LogP contribution >= 0.6 is 0 Å². The maximum absolute atomic E-state index is 12.0. The summed E-state index contributed by atoms with van der Waals surface area (Å²) in [6.07, 6.45) is 1.35. The zero-order valence-electron chi connectivity index (χ0n) is 15.3. The highest BCUT2D eigenvalue weighted by Crippen LogP contribution is 2.27. The summed E-state index contributed by atoms with van der Waals surface area (Å²) >= 11 is 0. The Bertz CT molecular complexity index is 367. The molecule has 0 aromatic carbocycles. The van der Waals surface area contributed by atoms with Gasteiger partial charge in [0.2, 0.25) is 0 Å². The van der Waals surface area contributed by atoms with Crippen LogP contribution in [0.3, 0.4) is 0 Å². The maximum atomic E-state index is 12.0. The van der Waals surface area contributed by atoms with Gasteiger partial charge >= 0.3 is 15.0 Å². The molecule has 0 radical (unpaired) electrons. The SMILES string of the molecule is C=C(C)C(=O)O[Si](OC(C)C)(OC(C)C)OC(C)(C)CCC. The first kappa shape index (κ1) is 21.3. The molecule has 5 nitrogen and oxygen atoms in total. The van der Waals surface area contributed by atoms with Gasteiger partial charge in [0.1, 0.15) is 0 Å². The van der Waals surface area contributed by atoms with Gasteiger partial charge in [0.15, 0.2) is 0 Å². The molecule has 6 heteroatoms. The molecular weight excluding hydrogens is 300 g/mol. The third-order valence-corrected chi connectivity index (χ3v) is 5.34. The van der Waals surface area contributed by atoms with Gasteiger partial charge in [-0.1, -0.05) is 19.9 Å². The zero-order chi connectivity index (χ0) is 17.6. The van der Waals surface area contributed by atoms with E-state index in [0.29, 0.717) is 0 Å². The molecule has 0 aromatic rings. The molecule has 0 bridgehead atoms. The van der Waals surface area contributed by atoms with Gasteiger partial charge in [-0.2, -0.15) is 0 Å². The van der Waals surface area contributed by atoms with Crippen LogP contribution in [0.5, 0.6) is 0 Å². The van der Waals surface area contributed by atoms with Crippen LogP contribution in [0.1, 0.15) is 68.2 Å². The lowest BCUT2D eigenvalue weighted by Crippen LogP contribution is -2.57. The minimum atomic E-state index is -3.63. The zero-order valence-corrected chi connectivity index (χ0v) is 16.3. The van der Waals surface area contributed by atoms with E-state index in [9.17, 15) is 4.79 Å². The van der Waals surface area contributed by atoms with Crippen molar-refractivity contribution in [2.24, 2.45) is 0 Å². The predicted molar refractivity (Wildman–Crippen MR) is 89.2 cm³/mol. The van der Waals surface area contributed by atoms with Crippen molar-refractivity contribution in [2.75, 3.05) is 0 Å². The lowest BCUT2D eigenvalue weighted by atomic mass is 10.0. The summed E-state index contributed by atoms with van der Waals surface area (Å²) in [6, 6.07) is 0. The smallest absolute Gasteiger partial charge is 0.448 e. The van der Waals surface area contributed by atoms with Gasteiger partial charge in [-0.25, -0.2) is 4.79 Å². The summed E-state index contributed by atoms with van der Waals surface area (Å²) in [4.78, 5) is 12.0. The lowest BCUT2D eigenvalue weighted by Gasteiger charge is -2.37. The fraction of sp³-hybridized carbons (Fsp3) is 0.812. The van der Waals surface area contributed by atoms with Crippen LogP contribution in [-0.4, -0.2) is 32.8 Å². The topological polar surface area (TPSA) is 54.0 Å². The first-order valence-electron chi connectivity index (χ1n) is 7.87. The van der Waals surface area contributed by atoms with Crippen LogP contribution in [-0.2, 0) is 22.5 Å². The molecule has 0 aromatic heterocycles. The Labute approximate surface area is 136 Å². The molecule has 0 rings (SSSR count). The van der Waals surface area contributed by atoms with Gasteiger partial charge in [-0.15, -0.1) is 0 Å². The molecule has 0 atom stereocenters. The summed E-state index contributed by atoms with van der Waals surface area (Å²) in [6.45, 7) is 18.6. The average molecular weight is 333 g/mol. The fourth-order valence-corrected chi connectivity index (χ4v) is 4.54. The molecule has 0 fully saturated rings. The Morgan fingerprint density at radius 3 is 1.91 bits per heavy atom. The largest absolute Gasteiger partial charge is 0.752 e. The van der Waals surface area contributed by atoms with E-state index in [2.05, 4.69) is 13.5 Å². The van der Waals surface area contributed by atoms with E-state index in [-0.39, 0.29) is 17.8 Å². The van der Waals surface area contributed by atoms with Crippen LogP contribution in [0.15, 0.2) is 12.2 Å². The van der Waals surface area contributed by atoms with Crippen molar-refractivity contribution in [2.45, 2.75) is 86.0 Å². The highest BCUT2D eigenvalue weighted by molar-refractivity contribution is 6.56. The van der Waals surface area contributed by atoms with Crippen LogP contribution in [0.4, 0.5) is 0 Å². The van der Waals surface area contributed by atoms with E-state index >= 15 is 0 Å². The van der Waals surface area contributed by atoms with E-state index < -0.39 is 20.6 Å². The second-order valence-electron chi connectivity index (χ2n) is 6.61. The van der Waals surface area contributed by atoms with Gasteiger partial charge in [0.05, 0.1) is 5.60 Å². The number of hydrogen-bond acceptors (Lipinski definition) is 5. The summed E-state index contributed by atoms with van der Waals surface area (Å²) in [5.41, 5.74) is -0.228. The molecule has 0 aliphatic heterocycles. The molecule has 0 unspecified atom stereocenters. The van der Waals surface area contributed by atoms with E-state index in [4.69, 9.17) is 17.7 Å². The number of rotatable bonds is 10. The Morgan fingerprint density at radius 1 is 1.14 bits per heavy atom. The van der Waals surface area contributed by atoms with Crippen molar-refractivity contribution in [1.82, 2.24) is 0 Å². The second-order valence-corrected chi connectivity index (χ2v) is 8.49. The molecule has 0 heterocycles. The minimum Gasteiger partial charge on any atom is -0.448 e. The van der Waals surface area contributed by atoms with Crippen molar-refractivity contribution >= 4 is 15.0 Å². The van der Waals surface area contributed by atoms with E-state index in [1.54, 1.807) is 6.92 Å². The first-order chi connectivity index (χ1) is 9.93. The Morgan fingerprint density at radius 2 is 1.59 bits per heavy atom. The molecule has 130 valence electrons. The molecule has 0 aliphatic carbocycles. The van der Waals surface area contributed by atoms with Gasteiger partial charge in [-0.05, 0) is 54.9 Å². The fourth-order valence-electron chi connectivity index (χ4n) is 1.91. The highest BCUT2D eigenvalue weighted by atomic mass is 28.4. The van der Waals surface area contributed by atoms with Crippen molar-refractivity contribution in [1.29, 1.82) is 0 Å². The van der Waals surface area contributed by atoms with Crippen LogP contribution in [0.2, 0.25) is 0 Å². The van der Waals surface area contributed by atoms with Crippen molar-refractivity contribution in [3.05, 3.63) is 12.2 Å². The average Bonchev–Trinajstić information content (AvgIpc) is 2.24. The molecular formula is C16H32O5Si. The van der Waals surface area contributed by atoms with Gasteiger partial charge in [-0.3, -0.25) is 0 Å². The minimum absolute atomic E-state index is 0.194. The molecule has 0 aliphatic rings. The number of carbonyl (C=O) groups is 1. The van der Waals surface area contributed by atoms with E-state index in [1.165, 1.54) is 0 Å². The van der Waals surface area contributed by atoms with Crippen molar-refractivity contribution in [3.63, 3.8) is 0 Å².